The molecule has 0 atom stereocenters. The molecule has 0 saturated heterocycles. The van der Waals surface area contributed by atoms with E-state index in [-0.39, 0.29) is 0 Å². The number of fused-ring (bicyclic) bond motifs is 1. The molecule has 0 radical (unpaired) electrons. The summed E-state index contributed by atoms with van der Waals surface area (Å²) in [6.07, 6.45) is 0. The smallest absolute Gasteiger partial charge is 0.344 e. The van der Waals surface area contributed by atoms with Crippen LogP contribution in [0.2, 0.25) is 0 Å². The third-order valence-electron chi connectivity index (χ3n) is 9.27. The Bertz CT molecular complexity index is 2460. The minimum atomic E-state index is -0.459. The number of benzene rings is 8. The van der Waals surface area contributed by atoms with Crippen LogP contribution < -0.4 is 9.47 Å². The van der Waals surface area contributed by atoms with Crippen LogP contribution in [0.3, 0.4) is 0 Å². The Morgan fingerprint density at radius 3 is 1.31 bits per heavy atom. The molecule has 0 unspecified atom stereocenters. The van der Waals surface area contributed by atoms with Gasteiger partial charge in [-0.3, -0.25) is 0 Å². The van der Waals surface area contributed by atoms with Crippen LogP contribution >= 0.6 is 0 Å². The molecule has 0 heterocycles. The summed E-state index contributed by atoms with van der Waals surface area (Å²) in [5.41, 5.74) is 9.53. The quantitative estimate of drug-likeness (QED) is 0.120. The summed E-state index contributed by atoms with van der Waals surface area (Å²) in [6.45, 7) is 0. The van der Waals surface area contributed by atoms with Gasteiger partial charge in [0.15, 0.2) is 0 Å². The molecule has 0 bridgehead atoms. The number of hydrogen-bond donors (Lipinski definition) is 0. The van der Waals surface area contributed by atoms with Gasteiger partial charge in [0.25, 0.3) is 0 Å². The molecule has 51 heavy (non-hydrogen) atoms. The first-order valence-corrected chi connectivity index (χ1v) is 17.0. The van der Waals surface area contributed by atoms with Gasteiger partial charge < -0.3 is 9.47 Å². The highest BCUT2D eigenvalue weighted by Crippen LogP contribution is 2.55. The summed E-state index contributed by atoms with van der Waals surface area (Å²) < 4.78 is 12.6. The van der Waals surface area contributed by atoms with Crippen LogP contribution in [0.4, 0.5) is 0 Å². The zero-order valence-corrected chi connectivity index (χ0v) is 28.1. The molecule has 0 aliphatic rings. The van der Waals surface area contributed by atoms with Gasteiger partial charge in [-0.15, -0.1) is 0 Å². The minimum absolute atomic E-state index is 0.456. The second-order valence-electron chi connectivity index (χ2n) is 12.3. The molecule has 0 aliphatic heterocycles. The SMILES string of the molecule is COc1ccc2ccccc2c1-c1c(C(=O)Oc2ccccc2)c(-c2ccccc2)c(-c2ccccc2)c(-c2ccccc2)c1-c1ccccc1. The lowest BCUT2D eigenvalue weighted by molar-refractivity contribution is 0.0736. The van der Waals surface area contributed by atoms with Gasteiger partial charge in [0, 0.05) is 16.7 Å². The van der Waals surface area contributed by atoms with Crippen molar-refractivity contribution < 1.29 is 14.3 Å². The van der Waals surface area contributed by atoms with Crippen LogP contribution in [0.5, 0.6) is 11.5 Å². The van der Waals surface area contributed by atoms with Crippen molar-refractivity contribution in [3.63, 3.8) is 0 Å². The first-order chi connectivity index (χ1) is 25.2. The molecule has 3 nitrogen and oxygen atoms in total. The van der Waals surface area contributed by atoms with E-state index < -0.39 is 5.97 Å². The Kier molecular flexibility index (Phi) is 8.68. The van der Waals surface area contributed by atoms with Crippen molar-refractivity contribution in [1.82, 2.24) is 0 Å². The summed E-state index contributed by atoms with van der Waals surface area (Å²) in [6, 6.07) is 62.9. The fraction of sp³-hybridized carbons (Fsp3) is 0.0208. The van der Waals surface area contributed by atoms with Gasteiger partial charge in [0.2, 0.25) is 0 Å². The second-order valence-corrected chi connectivity index (χ2v) is 12.3. The number of methoxy groups -OCH3 is 1. The van der Waals surface area contributed by atoms with Crippen molar-refractivity contribution in [3.05, 3.63) is 194 Å². The normalized spacial score (nSPS) is 10.9. The zero-order valence-electron chi connectivity index (χ0n) is 28.1. The minimum Gasteiger partial charge on any atom is -0.496 e. The van der Waals surface area contributed by atoms with Crippen LogP contribution in [-0.4, -0.2) is 13.1 Å². The summed E-state index contributed by atoms with van der Waals surface area (Å²) in [7, 11) is 1.69. The number of carbonyl (C=O) groups is 1. The Hall–Kier alpha value is -6.71. The standard InChI is InChI=1S/C48H34O3/c1-50-40-32-31-33-19-17-18-30-39(33)45(40)46-43(36-24-11-4-12-25-36)41(34-20-7-2-8-21-34)42(35-22-9-3-10-23-35)44(37-26-13-5-14-27-37)47(46)48(49)51-38-28-15-6-16-29-38/h2-32H,1H3. The average molecular weight is 659 g/mol. The Balaban J connectivity index is 1.68. The number of carbonyl (C=O) groups excluding carboxylic acids is 1. The van der Waals surface area contributed by atoms with Crippen LogP contribution in [0.1, 0.15) is 10.4 Å². The lowest BCUT2D eigenvalue weighted by Gasteiger charge is -2.28. The Labute approximate surface area is 298 Å². The number of rotatable bonds is 8. The van der Waals surface area contributed by atoms with E-state index in [1.165, 1.54) is 0 Å². The number of para-hydroxylation sites is 1. The molecule has 0 spiro atoms. The fourth-order valence-corrected chi connectivity index (χ4v) is 7.10. The van der Waals surface area contributed by atoms with Gasteiger partial charge >= 0.3 is 5.97 Å². The predicted molar refractivity (Wildman–Crippen MR) is 209 cm³/mol. The van der Waals surface area contributed by atoms with Gasteiger partial charge in [0.1, 0.15) is 11.5 Å². The molecule has 244 valence electrons. The number of hydrogen-bond acceptors (Lipinski definition) is 3. The fourth-order valence-electron chi connectivity index (χ4n) is 7.10. The molecule has 8 aromatic rings. The molecule has 0 fully saturated rings. The maximum absolute atomic E-state index is 15.3. The lowest BCUT2D eigenvalue weighted by Crippen LogP contribution is -2.15. The summed E-state index contributed by atoms with van der Waals surface area (Å²) in [4.78, 5) is 15.3. The van der Waals surface area contributed by atoms with E-state index >= 15 is 4.79 Å². The van der Waals surface area contributed by atoms with E-state index in [0.29, 0.717) is 17.1 Å². The second kappa shape index (κ2) is 14.0. The van der Waals surface area contributed by atoms with E-state index in [9.17, 15) is 0 Å². The average Bonchev–Trinajstić information content (AvgIpc) is 3.21. The monoisotopic (exact) mass is 658 g/mol. The number of esters is 1. The molecule has 8 aromatic carbocycles. The van der Waals surface area contributed by atoms with Gasteiger partial charge in [-0.25, -0.2) is 4.79 Å². The highest BCUT2D eigenvalue weighted by molar-refractivity contribution is 6.20. The van der Waals surface area contributed by atoms with Crippen LogP contribution in [0, 0.1) is 0 Å². The van der Waals surface area contributed by atoms with E-state index in [1.54, 1.807) is 7.11 Å². The summed E-state index contributed by atoms with van der Waals surface area (Å²) >= 11 is 0. The van der Waals surface area contributed by atoms with Crippen molar-refractivity contribution in [2.24, 2.45) is 0 Å². The van der Waals surface area contributed by atoms with Crippen LogP contribution in [-0.2, 0) is 0 Å². The van der Waals surface area contributed by atoms with E-state index in [2.05, 4.69) is 78.9 Å². The highest BCUT2D eigenvalue weighted by atomic mass is 16.5. The first kappa shape index (κ1) is 31.6. The van der Waals surface area contributed by atoms with Crippen LogP contribution in [0.25, 0.3) is 66.4 Å². The molecule has 0 saturated carbocycles. The van der Waals surface area contributed by atoms with Gasteiger partial charge in [-0.2, -0.15) is 0 Å². The Morgan fingerprint density at radius 2 is 0.804 bits per heavy atom. The maximum atomic E-state index is 15.3. The first-order valence-electron chi connectivity index (χ1n) is 17.0. The van der Waals surface area contributed by atoms with E-state index in [4.69, 9.17) is 9.47 Å². The molecular weight excluding hydrogens is 625 g/mol. The predicted octanol–water partition coefficient (Wildman–Crippen LogP) is 12.4. The third kappa shape index (κ3) is 5.96. The summed E-state index contributed by atoms with van der Waals surface area (Å²) in [5.74, 6) is 0.663. The van der Waals surface area contributed by atoms with E-state index in [0.717, 1.165) is 66.4 Å². The highest BCUT2D eigenvalue weighted by Gasteiger charge is 2.34. The molecule has 3 heteroatoms. The molecule has 0 N–H and O–H groups in total. The molecule has 0 aromatic heterocycles. The zero-order chi connectivity index (χ0) is 34.6. The summed E-state index contributed by atoms with van der Waals surface area (Å²) in [5, 5.41) is 2.00. The largest absolute Gasteiger partial charge is 0.496 e. The van der Waals surface area contributed by atoms with Crippen LogP contribution in [0.15, 0.2) is 188 Å². The third-order valence-corrected chi connectivity index (χ3v) is 9.27. The van der Waals surface area contributed by atoms with Crippen molar-refractivity contribution >= 4 is 16.7 Å². The molecular formula is C48H34O3. The van der Waals surface area contributed by atoms with Crippen molar-refractivity contribution in [2.45, 2.75) is 0 Å². The van der Waals surface area contributed by atoms with Gasteiger partial charge in [-0.1, -0.05) is 170 Å². The van der Waals surface area contributed by atoms with Gasteiger partial charge in [-0.05, 0) is 67.9 Å². The molecule has 0 aliphatic carbocycles. The van der Waals surface area contributed by atoms with Crippen molar-refractivity contribution in [3.8, 4) is 67.1 Å². The molecule has 0 amide bonds. The van der Waals surface area contributed by atoms with Crippen molar-refractivity contribution in [2.75, 3.05) is 7.11 Å². The lowest BCUT2D eigenvalue weighted by atomic mass is 9.75. The maximum Gasteiger partial charge on any atom is 0.344 e. The molecule has 8 rings (SSSR count). The Morgan fingerprint density at radius 1 is 0.392 bits per heavy atom. The number of ether oxygens (including phenoxy) is 2. The van der Waals surface area contributed by atoms with Gasteiger partial charge in [0.05, 0.1) is 12.7 Å². The van der Waals surface area contributed by atoms with E-state index in [1.807, 2.05) is 109 Å². The topological polar surface area (TPSA) is 35.5 Å². The van der Waals surface area contributed by atoms with Crippen molar-refractivity contribution in [1.29, 1.82) is 0 Å².